The summed E-state index contributed by atoms with van der Waals surface area (Å²) >= 11 is 0. The average molecular weight is 308 g/mol. The van der Waals surface area contributed by atoms with Gasteiger partial charge in [0.15, 0.2) is 0 Å². The van der Waals surface area contributed by atoms with Crippen LogP contribution in [0.3, 0.4) is 0 Å². The number of nitro groups is 1. The summed E-state index contributed by atoms with van der Waals surface area (Å²) in [4.78, 5) is 14.6. The fraction of sp³-hybridized carbons (Fsp3) is 0.118. The Labute approximate surface area is 133 Å². The molecule has 0 amide bonds. The highest BCUT2D eigenvalue weighted by Gasteiger charge is 2.03. The Morgan fingerprint density at radius 2 is 1.70 bits per heavy atom. The third-order valence-corrected chi connectivity index (χ3v) is 3.48. The minimum atomic E-state index is -0.404. The Morgan fingerprint density at radius 1 is 0.957 bits per heavy atom. The quantitative estimate of drug-likeness (QED) is 0.412. The smallest absolute Gasteiger partial charge is 0.269 e. The second-order valence-corrected chi connectivity index (χ2v) is 5.04. The Hall–Kier alpha value is -3.15. The monoisotopic (exact) mass is 308 g/mol. The van der Waals surface area contributed by atoms with Gasteiger partial charge in [-0.1, -0.05) is 18.2 Å². The van der Waals surface area contributed by atoms with Gasteiger partial charge in [-0.15, -0.1) is 0 Å². The van der Waals surface area contributed by atoms with Crippen LogP contribution in [0.15, 0.2) is 60.8 Å². The molecular formula is C17H16N4O2. The molecule has 23 heavy (non-hydrogen) atoms. The molecule has 2 aromatic carbocycles. The Morgan fingerprint density at radius 3 is 2.48 bits per heavy atom. The maximum absolute atomic E-state index is 10.6. The first-order valence-corrected chi connectivity index (χ1v) is 7.30. The van der Waals surface area contributed by atoms with Gasteiger partial charge < -0.3 is 10.6 Å². The van der Waals surface area contributed by atoms with Crippen LogP contribution < -0.4 is 10.6 Å². The van der Waals surface area contributed by atoms with Crippen LogP contribution in [0.5, 0.6) is 0 Å². The predicted molar refractivity (Wildman–Crippen MR) is 91.8 cm³/mol. The van der Waals surface area contributed by atoms with E-state index in [1.54, 1.807) is 18.3 Å². The van der Waals surface area contributed by atoms with Crippen LogP contribution in [0.1, 0.15) is 0 Å². The lowest BCUT2D eigenvalue weighted by molar-refractivity contribution is -0.384. The fourth-order valence-corrected chi connectivity index (χ4v) is 2.35. The van der Waals surface area contributed by atoms with Crippen molar-refractivity contribution in [2.24, 2.45) is 0 Å². The summed E-state index contributed by atoms with van der Waals surface area (Å²) in [6, 6.07) is 16.4. The highest BCUT2D eigenvalue weighted by atomic mass is 16.6. The number of nitrogens with one attached hydrogen (secondary N) is 2. The molecule has 0 aliphatic rings. The lowest BCUT2D eigenvalue weighted by atomic mass is 10.2. The van der Waals surface area contributed by atoms with Crippen molar-refractivity contribution in [1.82, 2.24) is 4.98 Å². The van der Waals surface area contributed by atoms with Crippen molar-refractivity contribution < 1.29 is 4.92 Å². The van der Waals surface area contributed by atoms with E-state index in [1.165, 1.54) is 12.1 Å². The Bertz CT molecular complexity index is 813. The zero-order chi connectivity index (χ0) is 16.1. The summed E-state index contributed by atoms with van der Waals surface area (Å²) in [6.07, 6.45) is 1.78. The third kappa shape index (κ3) is 3.55. The summed E-state index contributed by atoms with van der Waals surface area (Å²) < 4.78 is 0. The number of fused-ring (bicyclic) bond motifs is 1. The molecule has 2 N–H and O–H groups in total. The largest absolute Gasteiger partial charge is 0.383 e. The number of pyridine rings is 1. The summed E-state index contributed by atoms with van der Waals surface area (Å²) in [5.74, 6) is 0. The molecule has 116 valence electrons. The molecule has 0 fully saturated rings. The molecule has 3 aromatic rings. The number of hydrogen-bond acceptors (Lipinski definition) is 5. The van der Waals surface area contributed by atoms with E-state index in [0.717, 1.165) is 22.3 Å². The van der Waals surface area contributed by atoms with Gasteiger partial charge in [0, 0.05) is 42.5 Å². The van der Waals surface area contributed by atoms with E-state index in [9.17, 15) is 10.1 Å². The van der Waals surface area contributed by atoms with Gasteiger partial charge in [0.2, 0.25) is 0 Å². The van der Waals surface area contributed by atoms with Crippen LogP contribution in [0, 0.1) is 10.1 Å². The SMILES string of the molecule is O=[N+]([O-])c1ccc(NCCNc2cccc3cccnc23)cc1. The zero-order valence-electron chi connectivity index (χ0n) is 12.4. The molecule has 6 heteroatoms. The van der Waals surface area contributed by atoms with Crippen LogP contribution in [0.4, 0.5) is 17.1 Å². The van der Waals surface area contributed by atoms with Crippen LogP contribution in [0.25, 0.3) is 10.9 Å². The van der Waals surface area contributed by atoms with Crippen molar-refractivity contribution in [3.8, 4) is 0 Å². The first-order valence-electron chi connectivity index (χ1n) is 7.30. The van der Waals surface area contributed by atoms with E-state index in [0.29, 0.717) is 13.1 Å². The van der Waals surface area contributed by atoms with Crippen LogP contribution >= 0.6 is 0 Å². The molecule has 0 spiro atoms. The number of rotatable bonds is 6. The molecule has 6 nitrogen and oxygen atoms in total. The van der Waals surface area contributed by atoms with E-state index in [-0.39, 0.29) is 5.69 Å². The van der Waals surface area contributed by atoms with E-state index in [2.05, 4.69) is 15.6 Å². The Kier molecular flexibility index (Phi) is 4.33. The summed E-state index contributed by atoms with van der Waals surface area (Å²) in [5.41, 5.74) is 2.89. The first-order chi connectivity index (χ1) is 11.2. The molecule has 0 saturated heterocycles. The number of para-hydroxylation sites is 1. The summed E-state index contributed by atoms with van der Waals surface area (Å²) in [5, 5.41) is 18.3. The van der Waals surface area contributed by atoms with Crippen LogP contribution in [-0.4, -0.2) is 23.0 Å². The lowest BCUT2D eigenvalue weighted by Gasteiger charge is -2.10. The van der Waals surface area contributed by atoms with Gasteiger partial charge in [-0.25, -0.2) is 0 Å². The average Bonchev–Trinajstić information content (AvgIpc) is 2.59. The van der Waals surface area contributed by atoms with Gasteiger partial charge >= 0.3 is 0 Å². The third-order valence-electron chi connectivity index (χ3n) is 3.48. The molecule has 0 bridgehead atoms. The number of nitro benzene ring substituents is 1. The maximum atomic E-state index is 10.6. The van der Waals surface area contributed by atoms with E-state index in [4.69, 9.17) is 0 Å². The lowest BCUT2D eigenvalue weighted by Crippen LogP contribution is -2.13. The molecule has 0 saturated carbocycles. The Balaban J connectivity index is 1.56. The van der Waals surface area contributed by atoms with E-state index < -0.39 is 4.92 Å². The number of aromatic nitrogens is 1. The van der Waals surface area contributed by atoms with Crippen molar-refractivity contribution in [3.63, 3.8) is 0 Å². The molecular weight excluding hydrogens is 292 g/mol. The van der Waals surface area contributed by atoms with Crippen molar-refractivity contribution >= 4 is 28.0 Å². The van der Waals surface area contributed by atoms with Gasteiger partial charge in [-0.2, -0.15) is 0 Å². The van der Waals surface area contributed by atoms with E-state index in [1.807, 2.05) is 30.3 Å². The van der Waals surface area contributed by atoms with E-state index >= 15 is 0 Å². The van der Waals surface area contributed by atoms with Gasteiger partial charge in [0.1, 0.15) is 0 Å². The molecule has 1 heterocycles. The molecule has 0 radical (unpaired) electrons. The van der Waals surface area contributed by atoms with Crippen molar-refractivity contribution in [2.45, 2.75) is 0 Å². The minimum absolute atomic E-state index is 0.0931. The van der Waals surface area contributed by atoms with Crippen molar-refractivity contribution in [1.29, 1.82) is 0 Å². The standard InChI is InChI=1S/C17H16N4O2/c22-21(23)15-8-6-14(7-9-15)18-11-12-19-16-5-1-3-13-4-2-10-20-17(13)16/h1-10,18-19H,11-12H2. The predicted octanol–water partition coefficient (Wildman–Crippen LogP) is 3.67. The van der Waals surface area contributed by atoms with Gasteiger partial charge in [0.25, 0.3) is 5.69 Å². The molecule has 1 aromatic heterocycles. The fourth-order valence-electron chi connectivity index (χ4n) is 2.35. The normalized spacial score (nSPS) is 10.4. The molecule has 0 unspecified atom stereocenters. The maximum Gasteiger partial charge on any atom is 0.269 e. The van der Waals surface area contributed by atoms with Gasteiger partial charge in [-0.05, 0) is 24.3 Å². The number of nitrogens with zero attached hydrogens (tertiary/aromatic N) is 2. The second kappa shape index (κ2) is 6.74. The molecule has 3 rings (SSSR count). The first kappa shape index (κ1) is 14.8. The molecule has 0 aliphatic heterocycles. The van der Waals surface area contributed by atoms with Gasteiger partial charge in [-0.3, -0.25) is 15.1 Å². The second-order valence-electron chi connectivity index (χ2n) is 5.04. The highest BCUT2D eigenvalue weighted by molar-refractivity contribution is 5.90. The number of anilines is 2. The topological polar surface area (TPSA) is 80.1 Å². The molecule has 0 atom stereocenters. The van der Waals surface area contributed by atoms with Crippen molar-refractivity contribution in [2.75, 3.05) is 23.7 Å². The summed E-state index contributed by atoms with van der Waals surface area (Å²) in [6.45, 7) is 1.41. The minimum Gasteiger partial charge on any atom is -0.383 e. The highest BCUT2D eigenvalue weighted by Crippen LogP contribution is 2.20. The van der Waals surface area contributed by atoms with Gasteiger partial charge in [0.05, 0.1) is 16.1 Å². The molecule has 0 aliphatic carbocycles. The van der Waals surface area contributed by atoms with Crippen molar-refractivity contribution in [3.05, 3.63) is 70.9 Å². The summed E-state index contributed by atoms with van der Waals surface area (Å²) in [7, 11) is 0. The number of hydrogen-bond donors (Lipinski definition) is 2. The zero-order valence-corrected chi connectivity index (χ0v) is 12.4. The number of benzene rings is 2. The number of non-ortho nitro benzene ring substituents is 1. The van der Waals surface area contributed by atoms with Crippen LogP contribution in [0.2, 0.25) is 0 Å². The van der Waals surface area contributed by atoms with Crippen LogP contribution in [-0.2, 0) is 0 Å².